The number of aliphatic hydroxyl groups excluding tert-OH is 1. The van der Waals surface area contributed by atoms with Crippen LogP contribution >= 0.6 is 0 Å². The summed E-state index contributed by atoms with van der Waals surface area (Å²) in [5, 5.41) is 12.8. The number of alkyl halides is 3. The Labute approximate surface area is 235 Å². The smallest absolute Gasteiger partial charge is 0.405 e. The quantitative estimate of drug-likeness (QED) is 0.299. The third-order valence-electron chi connectivity index (χ3n) is 6.96. The van der Waals surface area contributed by atoms with E-state index in [1.165, 1.54) is 6.33 Å². The van der Waals surface area contributed by atoms with E-state index in [2.05, 4.69) is 9.97 Å². The molecule has 0 saturated carbocycles. The molecule has 2 aromatic heterocycles. The number of hydrogen-bond donors (Lipinski definition) is 3. The van der Waals surface area contributed by atoms with Gasteiger partial charge in [0.15, 0.2) is 0 Å². The lowest BCUT2D eigenvalue weighted by atomic mass is 9.92. The number of aliphatic hydroxyl groups is 1. The normalized spacial score (nSPS) is 18.1. The van der Waals surface area contributed by atoms with Crippen LogP contribution in [0.25, 0.3) is 11.3 Å². The van der Waals surface area contributed by atoms with Gasteiger partial charge in [-0.25, -0.2) is 9.97 Å². The van der Waals surface area contributed by atoms with Crippen LogP contribution < -0.4 is 11.1 Å². The number of furan rings is 1. The monoisotopic (exact) mass is 574 g/mol. The van der Waals surface area contributed by atoms with Gasteiger partial charge in [0, 0.05) is 44.5 Å². The third kappa shape index (κ3) is 9.10. The number of hydrogen-bond acceptors (Lipinski definition) is 8. The van der Waals surface area contributed by atoms with Crippen LogP contribution in [0.3, 0.4) is 0 Å². The number of rotatable bonds is 12. The van der Waals surface area contributed by atoms with Crippen LogP contribution in [-0.4, -0.2) is 87.7 Å². The Morgan fingerprint density at radius 2 is 1.85 bits per heavy atom. The second kappa shape index (κ2) is 13.7. The summed E-state index contributed by atoms with van der Waals surface area (Å²) in [6.45, 7) is -0.238. The largest absolute Gasteiger partial charge is 0.460 e. The zero-order valence-corrected chi connectivity index (χ0v) is 22.3. The van der Waals surface area contributed by atoms with Crippen molar-refractivity contribution in [3.05, 3.63) is 72.5 Å². The highest BCUT2D eigenvalue weighted by Crippen LogP contribution is 2.23. The molecular formula is C28H33F3N6O4. The van der Waals surface area contributed by atoms with Crippen LogP contribution in [0.2, 0.25) is 0 Å². The molecule has 2 amide bonds. The first-order chi connectivity index (χ1) is 19.6. The average molecular weight is 575 g/mol. The molecule has 4 rings (SSSR count). The molecule has 1 fully saturated rings. The molecule has 0 unspecified atom stereocenters. The van der Waals surface area contributed by atoms with Gasteiger partial charge in [0.05, 0.1) is 18.2 Å². The molecule has 0 bridgehead atoms. The molecule has 0 spiro atoms. The molecule has 220 valence electrons. The second-order valence-electron chi connectivity index (χ2n) is 10.2. The Bertz CT molecular complexity index is 1270. The second-order valence-corrected chi connectivity index (χ2v) is 10.2. The number of amides is 2. The summed E-state index contributed by atoms with van der Waals surface area (Å²) in [5.74, 6) is -0.818. The van der Waals surface area contributed by atoms with E-state index in [1.54, 1.807) is 29.4 Å². The Hall–Kier alpha value is -3.81. The molecule has 1 aromatic carbocycles. The highest BCUT2D eigenvalue weighted by molar-refractivity contribution is 5.82. The van der Waals surface area contributed by atoms with Crippen LogP contribution in [0.5, 0.6) is 0 Å². The molecule has 3 heterocycles. The summed E-state index contributed by atoms with van der Waals surface area (Å²) in [7, 11) is 0. The number of nitrogens with zero attached hydrogens (tertiary/aromatic N) is 4. The number of carbonyl (C=O) groups excluding carboxylic acids is 2. The van der Waals surface area contributed by atoms with Gasteiger partial charge in [0.1, 0.15) is 30.4 Å². The first-order valence-electron chi connectivity index (χ1n) is 13.2. The van der Waals surface area contributed by atoms with Crippen molar-refractivity contribution in [2.45, 2.75) is 37.7 Å². The molecule has 10 nitrogen and oxygen atoms in total. The molecule has 1 aliphatic rings. The van der Waals surface area contributed by atoms with Crippen LogP contribution in [0, 0.1) is 5.92 Å². The molecule has 41 heavy (non-hydrogen) atoms. The summed E-state index contributed by atoms with van der Waals surface area (Å²) in [6, 6.07) is 11.9. The summed E-state index contributed by atoms with van der Waals surface area (Å²) in [6.07, 6.45) is -0.554. The van der Waals surface area contributed by atoms with Crippen LogP contribution in [0.15, 0.2) is 65.6 Å². The average Bonchev–Trinajstić information content (AvgIpc) is 3.41. The van der Waals surface area contributed by atoms with Crippen molar-refractivity contribution in [3.8, 4) is 11.3 Å². The minimum Gasteiger partial charge on any atom is -0.460 e. The number of piperazine rings is 1. The van der Waals surface area contributed by atoms with Gasteiger partial charge >= 0.3 is 6.18 Å². The molecule has 0 radical (unpaired) electrons. The zero-order valence-electron chi connectivity index (χ0n) is 22.3. The summed E-state index contributed by atoms with van der Waals surface area (Å²) in [5.41, 5.74) is 7.18. The van der Waals surface area contributed by atoms with Crippen molar-refractivity contribution < 1.29 is 32.3 Å². The Balaban J connectivity index is 1.41. The minimum absolute atomic E-state index is 0.00454. The number of aromatic nitrogens is 2. The molecule has 1 aliphatic heterocycles. The maximum Gasteiger partial charge on any atom is 0.405 e. The van der Waals surface area contributed by atoms with Crippen molar-refractivity contribution >= 4 is 11.8 Å². The SMILES string of the molecule is NC(=O)[C@H](Cc1ccccc1)C[C@H](O)CN1CCN(Cc2ccc(-c3cncnc3)o2)C[C@H]1C(=O)NCC(F)(F)F. The van der Waals surface area contributed by atoms with Crippen molar-refractivity contribution in [2.75, 3.05) is 32.7 Å². The Morgan fingerprint density at radius 1 is 1.12 bits per heavy atom. The van der Waals surface area contributed by atoms with Gasteiger partial charge < -0.3 is 20.6 Å². The number of halogens is 3. The fourth-order valence-corrected chi connectivity index (χ4v) is 4.93. The fraction of sp³-hybridized carbons (Fsp3) is 0.429. The van der Waals surface area contributed by atoms with Crippen molar-refractivity contribution in [2.24, 2.45) is 11.7 Å². The van der Waals surface area contributed by atoms with E-state index in [0.29, 0.717) is 43.1 Å². The Morgan fingerprint density at radius 3 is 2.54 bits per heavy atom. The molecule has 1 saturated heterocycles. The standard InChI is InChI=1S/C28H33F3N6O4/c29-28(30,31)17-35-27(40)24-16-36(15-23-6-7-25(41-23)21-12-33-18-34-13-21)8-9-37(24)14-22(38)11-20(26(32)39)10-19-4-2-1-3-5-19/h1-7,12-13,18,20,22,24,38H,8-11,14-17H2,(H2,32,39)(H,35,40)/t20-,22+,24+/m1/s1. The maximum atomic E-state index is 12.9. The van der Waals surface area contributed by atoms with Crippen molar-refractivity contribution in [1.29, 1.82) is 0 Å². The van der Waals surface area contributed by atoms with Gasteiger partial charge in [-0.15, -0.1) is 0 Å². The third-order valence-corrected chi connectivity index (χ3v) is 6.96. The molecule has 13 heteroatoms. The lowest BCUT2D eigenvalue weighted by Crippen LogP contribution is -2.60. The highest BCUT2D eigenvalue weighted by atomic mass is 19.4. The number of primary amides is 1. The molecule has 4 N–H and O–H groups in total. The summed E-state index contributed by atoms with van der Waals surface area (Å²) < 4.78 is 44.5. The van der Waals surface area contributed by atoms with Crippen molar-refractivity contribution in [3.63, 3.8) is 0 Å². The highest BCUT2D eigenvalue weighted by Gasteiger charge is 2.36. The summed E-state index contributed by atoms with van der Waals surface area (Å²) >= 11 is 0. The molecular weight excluding hydrogens is 541 g/mol. The van der Waals surface area contributed by atoms with Gasteiger partial charge in [-0.05, 0) is 30.5 Å². The number of β-amino-alcohol motifs (C(OH)–C–C–N with tert-alkyl or cyclic N) is 1. The topological polar surface area (TPSA) is 138 Å². The van der Waals surface area contributed by atoms with Gasteiger partial charge in [-0.2, -0.15) is 13.2 Å². The van der Waals surface area contributed by atoms with Gasteiger partial charge in [0.2, 0.25) is 11.8 Å². The van der Waals surface area contributed by atoms with Gasteiger partial charge in [0.25, 0.3) is 0 Å². The van der Waals surface area contributed by atoms with E-state index in [0.717, 1.165) is 5.56 Å². The summed E-state index contributed by atoms with van der Waals surface area (Å²) in [4.78, 5) is 36.5. The van der Waals surface area contributed by atoms with Crippen LogP contribution in [0.1, 0.15) is 17.7 Å². The minimum atomic E-state index is -4.56. The van der Waals surface area contributed by atoms with Crippen molar-refractivity contribution in [1.82, 2.24) is 25.1 Å². The van der Waals surface area contributed by atoms with Gasteiger partial charge in [-0.1, -0.05) is 30.3 Å². The number of nitrogens with one attached hydrogen (secondary N) is 1. The number of nitrogens with two attached hydrogens (primary N) is 1. The lowest BCUT2D eigenvalue weighted by Gasteiger charge is -2.41. The number of benzene rings is 1. The van der Waals surface area contributed by atoms with E-state index in [1.807, 2.05) is 40.5 Å². The first-order valence-corrected chi connectivity index (χ1v) is 13.2. The Kier molecular flexibility index (Phi) is 10.1. The molecule has 0 aliphatic carbocycles. The van der Waals surface area contributed by atoms with Crippen LogP contribution in [-0.2, 0) is 22.6 Å². The van der Waals surface area contributed by atoms with Gasteiger partial charge in [-0.3, -0.25) is 19.4 Å². The maximum absolute atomic E-state index is 12.9. The predicted octanol–water partition coefficient (Wildman–Crippen LogP) is 2.00. The number of carbonyl (C=O) groups is 2. The lowest BCUT2D eigenvalue weighted by molar-refractivity contribution is -0.143. The fourth-order valence-electron chi connectivity index (χ4n) is 4.93. The molecule has 3 aromatic rings. The van der Waals surface area contributed by atoms with Crippen LogP contribution in [0.4, 0.5) is 13.2 Å². The predicted molar refractivity (Wildman–Crippen MR) is 143 cm³/mol. The van der Waals surface area contributed by atoms with E-state index >= 15 is 0 Å². The zero-order chi connectivity index (χ0) is 29.4. The van der Waals surface area contributed by atoms with E-state index < -0.39 is 42.6 Å². The van der Waals surface area contributed by atoms with E-state index in [4.69, 9.17) is 10.2 Å². The first kappa shape index (κ1) is 30.2. The van der Waals surface area contributed by atoms with E-state index in [9.17, 15) is 27.9 Å². The molecule has 3 atom stereocenters. The van der Waals surface area contributed by atoms with E-state index in [-0.39, 0.29) is 19.5 Å².